The maximum absolute atomic E-state index is 5.24. The number of para-hydroxylation sites is 2. The Morgan fingerprint density at radius 3 is 1.29 bits per heavy atom. The molecule has 0 aliphatic heterocycles. The van der Waals surface area contributed by atoms with Gasteiger partial charge < -0.3 is 9.47 Å². The minimum absolute atomic E-state index is 0. The molecule has 0 bridgehead atoms. The summed E-state index contributed by atoms with van der Waals surface area (Å²) in [6.45, 7) is 8.25. The second-order valence-corrected chi connectivity index (χ2v) is 3.83. The molecule has 0 fully saturated rings. The standard InChI is InChI=1S/2C9H10O.H2S/c2*1-2-8-10-9-6-4-3-5-7-9;/h2*2-7H,1,8H2;1H2. The van der Waals surface area contributed by atoms with Crippen LogP contribution < -0.4 is 9.47 Å². The van der Waals surface area contributed by atoms with E-state index in [9.17, 15) is 0 Å². The van der Waals surface area contributed by atoms with Crippen molar-refractivity contribution < 1.29 is 9.47 Å². The highest BCUT2D eigenvalue weighted by Crippen LogP contribution is 2.08. The van der Waals surface area contributed by atoms with Crippen LogP contribution in [0.15, 0.2) is 86.0 Å². The molecule has 0 aromatic heterocycles. The third kappa shape index (κ3) is 9.41. The molecular weight excluding hydrogens is 280 g/mol. The molecule has 0 spiro atoms. The van der Waals surface area contributed by atoms with Gasteiger partial charge in [0.05, 0.1) is 0 Å². The summed E-state index contributed by atoms with van der Waals surface area (Å²) in [5, 5.41) is 0. The fourth-order valence-electron chi connectivity index (χ4n) is 1.34. The summed E-state index contributed by atoms with van der Waals surface area (Å²) >= 11 is 0. The first-order chi connectivity index (χ1) is 9.86. The average molecular weight is 302 g/mol. The van der Waals surface area contributed by atoms with Crippen LogP contribution in [0.2, 0.25) is 0 Å². The molecule has 0 saturated heterocycles. The van der Waals surface area contributed by atoms with Crippen molar-refractivity contribution in [2.45, 2.75) is 0 Å². The molecule has 0 aliphatic rings. The van der Waals surface area contributed by atoms with E-state index in [0.717, 1.165) is 11.5 Å². The Kier molecular flexibility index (Phi) is 11.6. The molecule has 0 aliphatic carbocycles. The lowest BCUT2D eigenvalue weighted by Crippen LogP contribution is -1.91. The highest BCUT2D eigenvalue weighted by molar-refractivity contribution is 7.59. The van der Waals surface area contributed by atoms with Gasteiger partial charge in [0, 0.05) is 0 Å². The minimum Gasteiger partial charge on any atom is -0.490 e. The van der Waals surface area contributed by atoms with Gasteiger partial charge >= 0.3 is 0 Å². The summed E-state index contributed by atoms with van der Waals surface area (Å²) < 4.78 is 10.5. The summed E-state index contributed by atoms with van der Waals surface area (Å²) in [5.74, 6) is 1.78. The van der Waals surface area contributed by atoms with Gasteiger partial charge in [-0.3, -0.25) is 0 Å². The van der Waals surface area contributed by atoms with Crippen molar-refractivity contribution in [3.05, 3.63) is 86.0 Å². The Labute approximate surface area is 134 Å². The molecule has 0 atom stereocenters. The third-order valence-corrected chi connectivity index (χ3v) is 2.22. The van der Waals surface area contributed by atoms with E-state index in [2.05, 4.69) is 13.2 Å². The van der Waals surface area contributed by atoms with Crippen molar-refractivity contribution in [1.29, 1.82) is 0 Å². The summed E-state index contributed by atoms with van der Waals surface area (Å²) in [5.41, 5.74) is 0. The lowest BCUT2D eigenvalue weighted by molar-refractivity contribution is 0.363. The topological polar surface area (TPSA) is 18.5 Å². The van der Waals surface area contributed by atoms with Gasteiger partial charge in [0.25, 0.3) is 0 Å². The Bertz CT molecular complexity index is 436. The van der Waals surface area contributed by atoms with Crippen molar-refractivity contribution in [1.82, 2.24) is 0 Å². The van der Waals surface area contributed by atoms with E-state index < -0.39 is 0 Å². The molecule has 0 radical (unpaired) electrons. The van der Waals surface area contributed by atoms with E-state index in [1.165, 1.54) is 0 Å². The van der Waals surface area contributed by atoms with E-state index in [1.54, 1.807) is 12.2 Å². The van der Waals surface area contributed by atoms with Crippen molar-refractivity contribution in [3.8, 4) is 11.5 Å². The largest absolute Gasteiger partial charge is 0.490 e. The SMILES string of the molecule is C=CCOc1ccccc1.C=CCOc1ccccc1.S. The lowest BCUT2D eigenvalue weighted by atomic mass is 10.3. The van der Waals surface area contributed by atoms with Gasteiger partial charge in [0.2, 0.25) is 0 Å². The molecule has 0 N–H and O–H groups in total. The molecule has 2 nitrogen and oxygen atoms in total. The van der Waals surface area contributed by atoms with Crippen molar-refractivity contribution >= 4 is 13.5 Å². The molecular formula is C18H22O2S. The smallest absolute Gasteiger partial charge is 0.119 e. The number of hydrogen-bond acceptors (Lipinski definition) is 2. The first kappa shape index (κ1) is 18.9. The molecule has 0 amide bonds. The van der Waals surface area contributed by atoms with Crippen LogP contribution >= 0.6 is 13.5 Å². The van der Waals surface area contributed by atoms with E-state index in [4.69, 9.17) is 9.47 Å². The summed E-state index contributed by atoms with van der Waals surface area (Å²) in [7, 11) is 0. The monoisotopic (exact) mass is 302 g/mol. The second-order valence-electron chi connectivity index (χ2n) is 3.83. The van der Waals surface area contributed by atoms with Gasteiger partial charge in [-0.25, -0.2) is 0 Å². The number of ether oxygens (including phenoxy) is 2. The van der Waals surface area contributed by atoms with E-state index in [1.807, 2.05) is 60.7 Å². The quantitative estimate of drug-likeness (QED) is 0.725. The van der Waals surface area contributed by atoms with E-state index in [0.29, 0.717) is 13.2 Å². The van der Waals surface area contributed by atoms with E-state index >= 15 is 0 Å². The number of rotatable bonds is 6. The van der Waals surface area contributed by atoms with Crippen molar-refractivity contribution in [2.75, 3.05) is 13.2 Å². The molecule has 3 heteroatoms. The van der Waals surface area contributed by atoms with Gasteiger partial charge in [-0.05, 0) is 24.3 Å². The van der Waals surface area contributed by atoms with Crippen LogP contribution in [0.1, 0.15) is 0 Å². The predicted octanol–water partition coefficient (Wildman–Crippen LogP) is 4.62. The van der Waals surface area contributed by atoms with Crippen molar-refractivity contribution in [2.24, 2.45) is 0 Å². The van der Waals surface area contributed by atoms with Crippen LogP contribution in [0, 0.1) is 0 Å². The van der Waals surface area contributed by atoms with Crippen molar-refractivity contribution in [3.63, 3.8) is 0 Å². The Morgan fingerprint density at radius 1 is 0.667 bits per heavy atom. The van der Waals surface area contributed by atoms with Gasteiger partial charge in [-0.2, -0.15) is 13.5 Å². The highest BCUT2D eigenvalue weighted by Gasteiger charge is 1.85. The van der Waals surface area contributed by atoms with Crippen LogP contribution in [-0.4, -0.2) is 13.2 Å². The highest BCUT2D eigenvalue weighted by atomic mass is 32.1. The zero-order chi connectivity index (χ0) is 14.5. The fourth-order valence-corrected chi connectivity index (χ4v) is 1.34. The van der Waals surface area contributed by atoms with Gasteiger partial charge in [-0.1, -0.05) is 61.7 Å². The zero-order valence-electron chi connectivity index (χ0n) is 12.1. The number of benzene rings is 2. The van der Waals surface area contributed by atoms with Gasteiger partial charge in [0.1, 0.15) is 24.7 Å². The molecule has 21 heavy (non-hydrogen) atoms. The van der Waals surface area contributed by atoms with Gasteiger partial charge in [-0.15, -0.1) is 0 Å². The zero-order valence-corrected chi connectivity index (χ0v) is 13.1. The molecule has 0 unspecified atom stereocenters. The maximum atomic E-state index is 5.24. The average Bonchev–Trinajstić information content (AvgIpc) is 2.53. The number of hydrogen-bond donors (Lipinski definition) is 0. The molecule has 0 heterocycles. The summed E-state index contributed by atoms with van der Waals surface area (Å²) in [4.78, 5) is 0. The third-order valence-electron chi connectivity index (χ3n) is 2.22. The normalized spacial score (nSPS) is 8.38. The first-order valence-electron chi connectivity index (χ1n) is 6.44. The lowest BCUT2D eigenvalue weighted by Gasteiger charge is -1.99. The van der Waals surface area contributed by atoms with Gasteiger partial charge in [0.15, 0.2) is 0 Å². The molecule has 2 aromatic rings. The maximum Gasteiger partial charge on any atom is 0.119 e. The van der Waals surface area contributed by atoms with E-state index in [-0.39, 0.29) is 13.5 Å². The fraction of sp³-hybridized carbons (Fsp3) is 0.111. The summed E-state index contributed by atoms with van der Waals surface area (Å²) in [6.07, 6.45) is 3.46. The van der Waals surface area contributed by atoms with Crippen LogP contribution in [0.25, 0.3) is 0 Å². The molecule has 112 valence electrons. The Balaban J connectivity index is 0.000000364. The Hall–Kier alpha value is -2.13. The minimum atomic E-state index is 0. The molecule has 2 aromatic carbocycles. The van der Waals surface area contributed by atoms with Crippen LogP contribution in [-0.2, 0) is 0 Å². The summed E-state index contributed by atoms with van der Waals surface area (Å²) in [6, 6.07) is 19.4. The Morgan fingerprint density at radius 2 is 1.00 bits per heavy atom. The van der Waals surface area contributed by atoms with Crippen LogP contribution in [0.4, 0.5) is 0 Å². The van der Waals surface area contributed by atoms with Crippen LogP contribution in [0.3, 0.4) is 0 Å². The first-order valence-corrected chi connectivity index (χ1v) is 6.44. The second kappa shape index (κ2) is 12.9. The van der Waals surface area contributed by atoms with Crippen LogP contribution in [0.5, 0.6) is 11.5 Å². The molecule has 0 saturated carbocycles. The predicted molar refractivity (Wildman–Crippen MR) is 94.6 cm³/mol. The molecule has 2 rings (SSSR count).